The van der Waals surface area contributed by atoms with Gasteiger partial charge in [0.2, 0.25) is 0 Å². The van der Waals surface area contributed by atoms with Gasteiger partial charge in [0, 0.05) is 25.7 Å². The van der Waals surface area contributed by atoms with Crippen molar-refractivity contribution >= 4 is 39.5 Å². The topological polar surface area (TPSA) is 237 Å². The molecule has 0 aromatic rings. The zero-order valence-corrected chi connectivity index (χ0v) is 53.2. The lowest BCUT2D eigenvalue weighted by Gasteiger charge is -2.21. The normalized spacial score (nSPS) is 14.4. The lowest BCUT2D eigenvalue weighted by molar-refractivity contribution is -0.161. The molecule has 474 valence electrons. The summed E-state index contributed by atoms with van der Waals surface area (Å²) in [7, 11) is -9.87. The first-order valence-corrected chi connectivity index (χ1v) is 35.0. The number of unbranched alkanes of at least 4 members (excludes halogenated alkanes) is 30. The molecule has 0 aliphatic rings. The summed E-state index contributed by atoms with van der Waals surface area (Å²) in [6.07, 6.45) is 35.5. The molecule has 0 fully saturated rings. The van der Waals surface area contributed by atoms with Crippen LogP contribution in [0.15, 0.2) is 0 Å². The van der Waals surface area contributed by atoms with Crippen molar-refractivity contribution in [1.82, 2.24) is 0 Å². The molecule has 0 amide bonds. The summed E-state index contributed by atoms with van der Waals surface area (Å²) in [5, 5.41) is 10.5. The number of aliphatic hydroxyl groups excluding tert-OH is 1. The summed E-state index contributed by atoms with van der Waals surface area (Å²) in [4.78, 5) is 71.7. The van der Waals surface area contributed by atoms with Crippen LogP contribution in [0.4, 0.5) is 0 Å². The molecule has 5 atom stereocenters. The summed E-state index contributed by atoms with van der Waals surface area (Å²) in [6, 6.07) is 0. The minimum absolute atomic E-state index is 0.104. The van der Waals surface area contributed by atoms with Gasteiger partial charge in [-0.05, 0) is 37.5 Å². The van der Waals surface area contributed by atoms with Crippen LogP contribution in [0.1, 0.15) is 298 Å². The monoisotopic (exact) mass is 1180 g/mol. The van der Waals surface area contributed by atoms with E-state index in [1.807, 2.05) is 0 Å². The van der Waals surface area contributed by atoms with Crippen LogP contribution in [0.5, 0.6) is 0 Å². The van der Waals surface area contributed by atoms with Crippen LogP contribution in [0.2, 0.25) is 0 Å². The fourth-order valence-corrected chi connectivity index (χ4v) is 10.6. The number of phosphoric acid groups is 2. The highest BCUT2D eigenvalue weighted by molar-refractivity contribution is 7.47. The van der Waals surface area contributed by atoms with E-state index in [0.29, 0.717) is 31.6 Å². The SMILES string of the molecule is CCCCCCCCCCC(=O)O[C@H](COC(=O)CCCCCCC)COP(=O)(O)OC[C@H](O)COP(=O)(O)OC[C@@H](COC(=O)CCCCCCCCC(C)C)OC(=O)CCCCCCCCCCCCCCCCCC(C)C. The Labute approximate surface area is 486 Å². The number of phosphoric ester groups is 2. The van der Waals surface area contributed by atoms with Crippen LogP contribution < -0.4 is 0 Å². The van der Waals surface area contributed by atoms with Crippen LogP contribution in [-0.2, 0) is 65.4 Å². The molecule has 0 heterocycles. The Kier molecular flexibility index (Phi) is 52.5. The quantitative estimate of drug-likeness (QED) is 0.0222. The first-order chi connectivity index (χ1) is 38.4. The van der Waals surface area contributed by atoms with Gasteiger partial charge in [0.25, 0.3) is 0 Å². The number of rotatable bonds is 60. The zero-order chi connectivity index (χ0) is 59.4. The Morgan fingerprint density at radius 1 is 0.338 bits per heavy atom. The van der Waals surface area contributed by atoms with E-state index in [2.05, 4.69) is 41.5 Å². The number of esters is 4. The third kappa shape index (κ3) is 55.3. The second kappa shape index (κ2) is 53.8. The Balaban J connectivity index is 5.10. The molecule has 0 saturated carbocycles. The second-order valence-electron chi connectivity index (χ2n) is 23.0. The second-order valence-corrected chi connectivity index (χ2v) is 25.9. The van der Waals surface area contributed by atoms with E-state index < -0.39 is 97.5 Å². The largest absolute Gasteiger partial charge is 0.472 e. The first kappa shape index (κ1) is 78.1. The molecule has 17 nitrogen and oxygen atoms in total. The molecule has 80 heavy (non-hydrogen) atoms. The van der Waals surface area contributed by atoms with E-state index in [1.165, 1.54) is 96.3 Å². The number of carbonyl (C=O) groups is 4. The molecule has 0 spiro atoms. The van der Waals surface area contributed by atoms with Crippen molar-refractivity contribution in [1.29, 1.82) is 0 Å². The number of hydrogen-bond acceptors (Lipinski definition) is 15. The van der Waals surface area contributed by atoms with Gasteiger partial charge >= 0.3 is 39.5 Å². The van der Waals surface area contributed by atoms with Crippen molar-refractivity contribution in [3.05, 3.63) is 0 Å². The molecule has 0 bridgehead atoms. The van der Waals surface area contributed by atoms with Gasteiger partial charge < -0.3 is 33.8 Å². The van der Waals surface area contributed by atoms with Crippen LogP contribution >= 0.6 is 15.6 Å². The maximum absolute atomic E-state index is 12.9. The van der Waals surface area contributed by atoms with Gasteiger partial charge in [0.05, 0.1) is 26.4 Å². The summed E-state index contributed by atoms with van der Waals surface area (Å²) >= 11 is 0. The minimum atomic E-state index is -4.94. The number of ether oxygens (including phenoxy) is 4. The third-order valence-electron chi connectivity index (χ3n) is 14.0. The van der Waals surface area contributed by atoms with E-state index in [4.69, 9.17) is 37.0 Å². The van der Waals surface area contributed by atoms with Gasteiger partial charge in [-0.25, -0.2) is 9.13 Å². The smallest absolute Gasteiger partial charge is 0.462 e. The van der Waals surface area contributed by atoms with Crippen LogP contribution in [0, 0.1) is 11.8 Å². The highest BCUT2D eigenvalue weighted by atomic mass is 31.2. The third-order valence-corrected chi connectivity index (χ3v) is 15.9. The van der Waals surface area contributed by atoms with Gasteiger partial charge in [-0.1, -0.05) is 247 Å². The molecular formula is C61H118O17P2. The van der Waals surface area contributed by atoms with Gasteiger partial charge in [0.15, 0.2) is 12.2 Å². The molecule has 0 radical (unpaired) electrons. The summed E-state index contributed by atoms with van der Waals surface area (Å²) < 4.78 is 67.6. The Morgan fingerprint density at radius 2 is 0.575 bits per heavy atom. The molecule has 0 aromatic heterocycles. The van der Waals surface area contributed by atoms with Crippen LogP contribution in [-0.4, -0.2) is 96.7 Å². The van der Waals surface area contributed by atoms with Crippen LogP contribution in [0.25, 0.3) is 0 Å². The minimum Gasteiger partial charge on any atom is -0.462 e. The molecule has 0 saturated heterocycles. The number of hydrogen-bond donors (Lipinski definition) is 3. The van der Waals surface area contributed by atoms with E-state index in [0.717, 1.165) is 115 Å². The van der Waals surface area contributed by atoms with E-state index >= 15 is 0 Å². The van der Waals surface area contributed by atoms with Crippen molar-refractivity contribution in [2.75, 3.05) is 39.6 Å². The predicted octanol–water partition coefficient (Wildman–Crippen LogP) is 16.5. The molecule has 0 aliphatic carbocycles. The van der Waals surface area contributed by atoms with Crippen molar-refractivity contribution in [2.24, 2.45) is 11.8 Å². The Hall–Kier alpha value is -1.94. The fraction of sp³-hybridized carbons (Fsp3) is 0.934. The summed E-state index contributed by atoms with van der Waals surface area (Å²) in [5.41, 5.74) is 0. The van der Waals surface area contributed by atoms with Crippen molar-refractivity contribution < 1.29 is 80.2 Å². The average molecular weight is 1190 g/mol. The highest BCUT2D eigenvalue weighted by Crippen LogP contribution is 2.45. The van der Waals surface area contributed by atoms with E-state index in [-0.39, 0.29) is 25.7 Å². The van der Waals surface area contributed by atoms with Gasteiger partial charge in [-0.3, -0.25) is 37.3 Å². The molecule has 0 aromatic carbocycles. The van der Waals surface area contributed by atoms with Crippen molar-refractivity contribution in [3.8, 4) is 0 Å². The van der Waals surface area contributed by atoms with Gasteiger partial charge in [-0.2, -0.15) is 0 Å². The van der Waals surface area contributed by atoms with E-state index in [9.17, 15) is 43.2 Å². The summed E-state index contributed by atoms with van der Waals surface area (Å²) in [6.45, 7) is 9.30. The zero-order valence-electron chi connectivity index (χ0n) is 51.4. The molecule has 19 heteroatoms. The molecule has 2 unspecified atom stereocenters. The standard InChI is InChI=1S/C61H118O17P2/c1-7-9-11-13-14-25-33-39-45-60(65)77-56(49-71-58(63)43-37-29-12-10-8-2)51-75-79(67,68)73-47-55(62)48-74-80(69,70)76-52-57(50-72-59(64)44-38-32-28-27-31-36-42-54(5)6)78-61(66)46-40-34-26-23-21-19-17-15-16-18-20-22-24-30-35-41-53(3)4/h53-57,62H,7-52H2,1-6H3,(H,67,68)(H,69,70)/t55-,56+,57+/m0/s1. The lowest BCUT2D eigenvalue weighted by atomic mass is 10.0. The predicted molar refractivity (Wildman–Crippen MR) is 317 cm³/mol. The van der Waals surface area contributed by atoms with Crippen molar-refractivity contribution in [2.45, 2.75) is 317 Å². The fourth-order valence-electron chi connectivity index (χ4n) is 9.00. The molecule has 0 rings (SSSR count). The number of aliphatic hydroxyl groups is 1. The molecule has 3 N–H and O–H groups in total. The summed E-state index contributed by atoms with van der Waals surface area (Å²) in [5.74, 6) is -0.672. The number of carbonyl (C=O) groups excluding carboxylic acids is 4. The highest BCUT2D eigenvalue weighted by Gasteiger charge is 2.30. The Morgan fingerprint density at radius 3 is 0.850 bits per heavy atom. The molecule has 0 aliphatic heterocycles. The van der Waals surface area contributed by atoms with Crippen LogP contribution in [0.3, 0.4) is 0 Å². The maximum atomic E-state index is 12.9. The maximum Gasteiger partial charge on any atom is 0.472 e. The lowest BCUT2D eigenvalue weighted by Crippen LogP contribution is -2.30. The average Bonchev–Trinajstić information content (AvgIpc) is 3.41. The van der Waals surface area contributed by atoms with E-state index in [1.54, 1.807) is 0 Å². The van der Waals surface area contributed by atoms with Gasteiger partial charge in [-0.15, -0.1) is 0 Å². The van der Waals surface area contributed by atoms with Gasteiger partial charge in [0.1, 0.15) is 19.3 Å². The first-order valence-electron chi connectivity index (χ1n) is 32.0. The Bertz CT molecular complexity index is 1580. The van der Waals surface area contributed by atoms with Crippen molar-refractivity contribution in [3.63, 3.8) is 0 Å². The molecular weight excluding hydrogens is 1070 g/mol.